The van der Waals surface area contributed by atoms with Crippen LogP contribution in [0.4, 0.5) is 5.69 Å². The van der Waals surface area contributed by atoms with Gasteiger partial charge in [0.2, 0.25) is 0 Å². The molecule has 1 aliphatic rings. The van der Waals surface area contributed by atoms with E-state index in [-0.39, 0.29) is 0 Å². The van der Waals surface area contributed by atoms with E-state index in [1.165, 1.54) is 21.9 Å². The normalized spacial score (nSPS) is 17.8. The van der Waals surface area contributed by atoms with Gasteiger partial charge in [-0.1, -0.05) is 25.1 Å². The maximum Gasteiger partial charge on any atom is 0.191 e. The molecule has 2 N–H and O–H groups in total. The van der Waals surface area contributed by atoms with Crippen molar-refractivity contribution in [2.45, 2.75) is 26.3 Å². The summed E-state index contributed by atoms with van der Waals surface area (Å²) in [6.45, 7) is 6.25. The Labute approximate surface area is 155 Å². The van der Waals surface area contributed by atoms with Crippen molar-refractivity contribution >= 4 is 23.0 Å². The molecule has 1 unspecified atom stereocenters. The van der Waals surface area contributed by atoms with Gasteiger partial charge in [-0.2, -0.15) is 0 Å². The van der Waals surface area contributed by atoms with Crippen LogP contribution in [-0.4, -0.2) is 32.6 Å². The molecule has 4 nitrogen and oxygen atoms in total. The van der Waals surface area contributed by atoms with E-state index >= 15 is 0 Å². The number of anilines is 1. The lowest BCUT2D eigenvalue weighted by molar-refractivity contribution is 0.566. The molecule has 1 aromatic carbocycles. The molecule has 1 saturated heterocycles. The zero-order valence-corrected chi connectivity index (χ0v) is 16.0. The largest absolute Gasteiger partial charge is 0.371 e. The van der Waals surface area contributed by atoms with E-state index in [0.717, 1.165) is 38.6 Å². The van der Waals surface area contributed by atoms with E-state index in [1.807, 2.05) is 18.4 Å². The van der Waals surface area contributed by atoms with Crippen molar-refractivity contribution in [1.29, 1.82) is 0 Å². The second kappa shape index (κ2) is 8.90. The van der Waals surface area contributed by atoms with E-state index in [1.54, 1.807) is 0 Å². The van der Waals surface area contributed by atoms with Crippen LogP contribution in [0.25, 0.3) is 0 Å². The maximum atomic E-state index is 4.35. The van der Waals surface area contributed by atoms with Gasteiger partial charge < -0.3 is 15.5 Å². The predicted molar refractivity (Wildman–Crippen MR) is 109 cm³/mol. The summed E-state index contributed by atoms with van der Waals surface area (Å²) >= 11 is 1.87. The van der Waals surface area contributed by atoms with Gasteiger partial charge in [0.1, 0.15) is 0 Å². The maximum absolute atomic E-state index is 4.35. The minimum absolute atomic E-state index is 0.659. The van der Waals surface area contributed by atoms with Gasteiger partial charge in [-0.05, 0) is 43.0 Å². The van der Waals surface area contributed by atoms with E-state index in [9.17, 15) is 0 Å². The Morgan fingerprint density at radius 3 is 2.68 bits per heavy atom. The number of nitrogens with zero attached hydrogens (tertiary/aromatic N) is 2. The quantitative estimate of drug-likeness (QED) is 0.615. The molecule has 1 aromatic heterocycles. The van der Waals surface area contributed by atoms with E-state index in [2.05, 4.69) is 69.9 Å². The van der Waals surface area contributed by atoms with Crippen LogP contribution in [0.5, 0.6) is 0 Å². The number of aryl methyl sites for hydroxylation is 1. The number of thiophene rings is 1. The average Bonchev–Trinajstić information content (AvgIpc) is 3.32. The number of hydrogen-bond acceptors (Lipinski definition) is 3. The van der Waals surface area contributed by atoms with Crippen molar-refractivity contribution in [2.24, 2.45) is 10.9 Å². The van der Waals surface area contributed by atoms with Crippen LogP contribution in [0.2, 0.25) is 0 Å². The van der Waals surface area contributed by atoms with Crippen LogP contribution in [0.3, 0.4) is 0 Å². The Bertz CT molecular complexity index is 680. The summed E-state index contributed by atoms with van der Waals surface area (Å²) in [5.41, 5.74) is 1.33. The highest BCUT2D eigenvalue weighted by Crippen LogP contribution is 2.23. The summed E-state index contributed by atoms with van der Waals surface area (Å²) in [7, 11) is 1.84. The van der Waals surface area contributed by atoms with E-state index in [4.69, 9.17) is 0 Å². The Hall–Kier alpha value is -2.01. The number of hydrogen-bond donors (Lipinski definition) is 2. The molecule has 5 heteroatoms. The highest BCUT2D eigenvalue weighted by Gasteiger charge is 2.22. The lowest BCUT2D eigenvalue weighted by Gasteiger charge is -2.19. The first-order chi connectivity index (χ1) is 12.3. The van der Waals surface area contributed by atoms with E-state index < -0.39 is 0 Å². The molecule has 0 amide bonds. The summed E-state index contributed by atoms with van der Waals surface area (Å²) in [5.74, 6) is 1.55. The van der Waals surface area contributed by atoms with Gasteiger partial charge in [0.25, 0.3) is 0 Å². The van der Waals surface area contributed by atoms with Gasteiger partial charge in [-0.15, -0.1) is 11.3 Å². The molecule has 2 heterocycles. The lowest BCUT2D eigenvalue weighted by atomic mass is 10.1. The molecule has 134 valence electrons. The number of guanidine groups is 1. The van der Waals surface area contributed by atoms with Gasteiger partial charge in [0.15, 0.2) is 5.96 Å². The molecule has 1 aliphatic heterocycles. The Morgan fingerprint density at radius 2 is 1.96 bits per heavy atom. The first-order valence-corrected chi connectivity index (χ1v) is 9.92. The molecule has 0 saturated carbocycles. The fourth-order valence-electron chi connectivity index (χ4n) is 3.21. The summed E-state index contributed by atoms with van der Waals surface area (Å²) in [6.07, 6.45) is 2.33. The highest BCUT2D eigenvalue weighted by atomic mass is 32.1. The van der Waals surface area contributed by atoms with Crippen molar-refractivity contribution in [3.63, 3.8) is 0 Å². The second-order valence-electron chi connectivity index (χ2n) is 6.46. The molecule has 0 bridgehead atoms. The Balaban J connectivity index is 1.42. The SMILES string of the molecule is CCc1ccc(CNC(=NC)NCC2CCN(c3ccccc3)C2)s1. The summed E-state index contributed by atoms with van der Waals surface area (Å²) < 4.78 is 0. The highest BCUT2D eigenvalue weighted by molar-refractivity contribution is 7.11. The van der Waals surface area contributed by atoms with Gasteiger partial charge in [-0.3, -0.25) is 4.99 Å². The molecule has 0 radical (unpaired) electrons. The van der Waals surface area contributed by atoms with Crippen molar-refractivity contribution in [2.75, 3.05) is 31.6 Å². The number of nitrogens with one attached hydrogen (secondary N) is 2. The topological polar surface area (TPSA) is 39.7 Å². The molecule has 2 aromatic rings. The second-order valence-corrected chi connectivity index (χ2v) is 7.72. The van der Waals surface area contributed by atoms with Crippen molar-refractivity contribution in [1.82, 2.24) is 10.6 Å². The summed E-state index contributed by atoms with van der Waals surface area (Å²) in [5, 5.41) is 6.92. The first kappa shape index (κ1) is 17.8. The predicted octanol–water partition coefficient (Wildman–Crippen LogP) is 3.50. The smallest absolute Gasteiger partial charge is 0.191 e. The zero-order chi connectivity index (χ0) is 17.5. The van der Waals surface area contributed by atoms with Crippen LogP contribution in [0, 0.1) is 5.92 Å². The molecular weight excluding hydrogens is 328 g/mol. The number of para-hydroxylation sites is 1. The molecule has 0 aliphatic carbocycles. The minimum atomic E-state index is 0.659. The van der Waals surface area contributed by atoms with Crippen LogP contribution in [0.15, 0.2) is 47.5 Å². The van der Waals surface area contributed by atoms with Crippen LogP contribution in [0.1, 0.15) is 23.1 Å². The van der Waals surface area contributed by atoms with Gasteiger partial charge in [-0.25, -0.2) is 0 Å². The van der Waals surface area contributed by atoms with Crippen LogP contribution >= 0.6 is 11.3 Å². The first-order valence-electron chi connectivity index (χ1n) is 9.10. The fourth-order valence-corrected chi connectivity index (χ4v) is 4.11. The van der Waals surface area contributed by atoms with Crippen LogP contribution in [-0.2, 0) is 13.0 Å². The molecule has 3 rings (SSSR count). The lowest BCUT2D eigenvalue weighted by Crippen LogP contribution is -2.39. The van der Waals surface area contributed by atoms with E-state index in [0.29, 0.717) is 5.92 Å². The third-order valence-corrected chi connectivity index (χ3v) is 5.91. The monoisotopic (exact) mass is 356 g/mol. The molecular formula is C20H28N4S. The van der Waals surface area contributed by atoms with Crippen molar-refractivity contribution in [3.05, 3.63) is 52.2 Å². The molecule has 1 atom stereocenters. The van der Waals surface area contributed by atoms with Gasteiger partial charge >= 0.3 is 0 Å². The standard InChI is InChI=1S/C20H28N4S/c1-3-18-9-10-19(25-18)14-23-20(21-2)22-13-16-11-12-24(15-16)17-7-5-4-6-8-17/h4-10,16H,3,11-15H2,1-2H3,(H2,21,22,23). The van der Waals surface area contributed by atoms with Crippen molar-refractivity contribution in [3.8, 4) is 0 Å². The molecule has 25 heavy (non-hydrogen) atoms. The number of rotatable bonds is 6. The molecule has 1 fully saturated rings. The number of aliphatic imine (C=N–C) groups is 1. The minimum Gasteiger partial charge on any atom is -0.371 e. The van der Waals surface area contributed by atoms with Gasteiger partial charge in [0, 0.05) is 42.1 Å². The fraction of sp³-hybridized carbons (Fsp3) is 0.450. The van der Waals surface area contributed by atoms with Crippen LogP contribution < -0.4 is 15.5 Å². The van der Waals surface area contributed by atoms with Gasteiger partial charge in [0.05, 0.1) is 6.54 Å². The number of benzene rings is 1. The molecule has 0 spiro atoms. The Kier molecular flexibility index (Phi) is 6.34. The summed E-state index contributed by atoms with van der Waals surface area (Å²) in [4.78, 5) is 9.62. The third-order valence-electron chi connectivity index (χ3n) is 4.68. The Morgan fingerprint density at radius 1 is 1.16 bits per heavy atom. The zero-order valence-electron chi connectivity index (χ0n) is 15.2. The average molecular weight is 357 g/mol. The third kappa shape index (κ3) is 4.98. The summed E-state index contributed by atoms with van der Waals surface area (Å²) in [6, 6.07) is 15.1. The van der Waals surface area contributed by atoms with Crippen molar-refractivity contribution < 1.29 is 0 Å².